The molecule has 0 saturated carbocycles. The smallest absolute Gasteiger partial charge is 0.290 e. The molecule has 5 nitrogen and oxygen atoms in total. The van der Waals surface area contributed by atoms with Crippen LogP contribution in [0.4, 0.5) is 5.69 Å². The number of hydrogen-bond donors (Lipinski definition) is 2. The van der Waals surface area contributed by atoms with Gasteiger partial charge in [0.25, 0.3) is 12.4 Å². The molecule has 0 saturated heterocycles. The minimum Gasteiger partial charge on any atom is -0.496 e. The van der Waals surface area contributed by atoms with Crippen molar-refractivity contribution in [1.82, 2.24) is 0 Å². The number of ether oxygens (including phenoxy) is 1. The van der Waals surface area contributed by atoms with Crippen molar-refractivity contribution in [3.8, 4) is 0 Å². The molecule has 0 aromatic heterocycles. The normalized spacial score (nSPS) is 13.7. The van der Waals surface area contributed by atoms with E-state index in [-0.39, 0.29) is 12.4 Å². The maximum absolute atomic E-state index is 11.9. The van der Waals surface area contributed by atoms with Crippen LogP contribution in [0.5, 0.6) is 0 Å². The number of nitrogens with one attached hydrogen (secondary N) is 1. The lowest BCUT2D eigenvalue weighted by atomic mass is 10.3. The highest BCUT2D eigenvalue weighted by Crippen LogP contribution is 2.26. The fraction of sp³-hybridized carbons (Fsp3) is 0.231. The zero-order valence-corrected chi connectivity index (χ0v) is 11.3. The number of para-hydroxylation sites is 1. The van der Waals surface area contributed by atoms with Crippen LogP contribution in [0.2, 0.25) is 0 Å². The van der Waals surface area contributed by atoms with Crippen molar-refractivity contribution in [3.05, 3.63) is 41.0 Å². The third-order valence-electron chi connectivity index (χ3n) is 2.21. The van der Waals surface area contributed by atoms with E-state index in [1.54, 1.807) is 11.8 Å². The Kier molecular flexibility index (Phi) is 6.52. The molecule has 1 amide bonds. The molecule has 102 valence electrons. The van der Waals surface area contributed by atoms with Gasteiger partial charge in [-0.15, -0.1) is 11.8 Å². The van der Waals surface area contributed by atoms with E-state index >= 15 is 0 Å². The first-order chi connectivity index (χ1) is 9.19. The largest absolute Gasteiger partial charge is 0.496 e. The number of rotatable bonds is 2. The van der Waals surface area contributed by atoms with Gasteiger partial charge in [0.15, 0.2) is 0 Å². The van der Waals surface area contributed by atoms with E-state index in [0.29, 0.717) is 17.3 Å². The van der Waals surface area contributed by atoms with Crippen LogP contribution in [-0.2, 0) is 14.3 Å². The zero-order chi connectivity index (χ0) is 14.1. The minimum atomic E-state index is -0.250. The average Bonchev–Trinajstić information content (AvgIpc) is 2.41. The van der Waals surface area contributed by atoms with Crippen LogP contribution in [0.15, 0.2) is 41.0 Å². The summed E-state index contributed by atoms with van der Waals surface area (Å²) in [6.45, 7) is 2.25. The predicted molar refractivity (Wildman–Crippen MR) is 74.9 cm³/mol. The summed E-state index contributed by atoms with van der Waals surface area (Å²) in [7, 11) is 0. The van der Waals surface area contributed by atoms with Gasteiger partial charge in [-0.05, 0) is 19.1 Å². The fourth-order valence-electron chi connectivity index (χ4n) is 1.44. The molecule has 2 rings (SSSR count). The van der Waals surface area contributed by atoms with Crippen molar-refractivity contribution in [3.63, 3.8) is 0 Å². The molecule has 1 aromatic carbocycles. The topological polar surface area (TPSA) is 75.6 Å². The highest BCUT2D eigenvalue weighted by Gasteiger charge is 2.18. The third-order valence-corrected chi connectivity index (χ3v) is 3.34. The summed E-state index contributed by atoms with van der Waals surface area (Å²) in [4.78, 5) is 20.9. The van der Waals surface area contributed by atoms with E-state index < -0.39 is 0 Å². The Labute approximate surface area is 115 Å². The van der Waals surface area contributed by atoms with Crippen LogP contribution in [0.25, 0.3) is 0 Å². The van der Waals surface area contributed by atoms with Crippen LogP contribution < -0.4 is 5.32 Å². The molecular formula is C13H15NO4S. The minimum absolute atomic E-state index is 0.0894. The van der Waals surface area contributed by atoms with Crippen LogP contribution in [0, 0.1) is 0 Å². The first-order valence-electron chi connectivity index (χ1n) is 5.59. The van der Waals surface area contributed by atoms with Crippen molar-refractivity contribution >= 4 is 29.8 Å². The molecule has 0 atom stereocenters. The molecule has 19 heavy (non-hydrogen) atoms. The number of carbonyl (C=O) groups is 2. The maximum Gasteiger partial charge on any atom is 0.290 e. The van der Waals surface area contributed by atoms with Gasteiger partial charge in [-0.3, -0.25) is 9.59 Å². The van der Waals surface area contributed by atoms with Gasteiger partial charge < -0.3 is 15.2 Å². The Morgan fingerprint density at radius 2 is 2.05 bits per heavy atom. The van der Waals surface area contributed by atoms with Gasteiger partial charge in [0, 0.05) is 11.4 Å². The van der Waals surface area contributed by atoms with Crippen molar-refractivity contribution in [2.45, 2.75) is 6.92 Å². The quantitative estimate of drug-likeness (QED) is 0.814. The highest BCUT2D eigenvalue weighted by atomic mass is 32.2. The Balaban J connectivity index is 0.000000550. The van der Waals surface area contributed by atoms with E-state index in [2.05, 4.69) is 5.32 Å². The molecule has 0 spiro atoms. The molecular weight excluding hydrogens is 266 g/mol. The second-order valence-corrected chi connectivity index (χ2v) is 4.61. The van der Waals surface area contributed by atoms with E-state index in [4.69, 9.17) is 14.6 Å². The van der Waals surface area contributed by atoms with Crippen molar-refractivity contribution in [1.29, 1.82) is 0 Å². The Bertz CT molecular complexity index is 459. The summed E-state index contributed by atoms with van der Waals surface area (Å²) in [5.41, 5.74) is 0.805. The predicted octanol–water partition coefficient (Wildman–Crippen LogP) is 2.32. The molecule has 0 bridgehead atoms. The van der Waals surface area contributed by atoms with Gasteiger partial charge in [-0.25, -0.2) is 0 Å². The van der Waals surface area contributed by atoms with E-state index in [9.17, 15) is 4.79 Å². The first kappa shape index (κ1) is 15.1. The monoisotopic (exact) mass is 281 g/mol. The molecule has 1 aromatic rings. The van der Waals surface area contributed by atoms with Gasteiger partial charge in [0.2, 0.25) is 0 Å². The van der Waals surface area contributed by atoms with Crippen LogP contribution in [0.3, 0.4) is 0 Å². The summed E-state index contributed by atoms with van der Waals surface area (Å²) in [5, 5.41) is 9.73. The number of anilines is 1. The highest BCUT2D eigenvalue weighted by molar-refractivity contribution is 8.04. The fourth-order valence-corrected chi connectivity index (χ4v) is 2.26. The zero-order valence-electron chi connectivity index (χ0n) is 10.5. The molecule has 0 unspecified atom stereocenters. The molecule has 2 N–H and O–H groups in total. The number of benzene rings is 1. The van der Waals surface area contributed by atoms with Gasteiger partial charge >= 0.3 is 0 Å². The van der Waals surface area contributed by atoms with Crippen molar-refractivity contribution in [2.75, 3.05) is 17.7 Å². The number of thioether (sulfide) groups is 1. The summed E-state index contributed by atoms with van der Waals surface area (Å²) in [6, 6.07) is 9.42. The van der Waals surface area contributed by atoms with Crippen LogP contribution >= 0.6 is 11.8 Å². The lowest BCUT2D eigenvalue weighted by Crippen LogP contribution is -2.18. The summed E-state index contributed by atoms with van der Waals surface area (Å²) < 4.78 is 5.35. The second kappa shape index (κ2) is 8.20. The Hall–Kier alpha value is -1.95. The molecule has 0 aliphatic carbocycles. The van der Waals surface area contributed by atoms with E-state index in [1.807, 2.05) is 37.3 Å². The molecule has 0 fully saturated rings. The second-order valence-electron chi connectivity index (χ2n) is 3.51. The van der Waals surface area contributed by atoms with Crippen LogP contribution in [0.1, 0.15) is 6.92 Å². The summed E-state index contributed by atoms with van der Waals surface area (Å²) in [6.07, 6.45) is 0. The van der Waals surface area contributed by atoms with Gasteiger partial charge in [-0.1, -0.05) is 18.2 Å². The summed E-state index contributed by atoms with van der Waals surface area (Å²) >= 11 is 1.54. The SMILES string of the molecule is CC1=C(C(=O)Nc2ccccc2)SCCO1.O=CO. The Morgan fingerprint density at radius 1 is 1.42 bits per heavy atom. The number of hydrogen-bond acceptors (Lipinski definition) is 4. The molecule has 0 radical (unpaired) electrons. The van der Waals surface area contributed by atoms with Crippen molar-refractivity contribution in [2.24, 2.45) is 0 Å². The first-order valence-corrected chi connectivity index (χ1v) is 6.58. The number of carbonyl (C=O) groups excluding carboxylic acids is 1. The third kappa shape index (κ3) is 5.05. The van der Waals surface area contributed by atoms with E-state index in [0.717, 1.165) is 11.4 Å². The standard InChI is InChI=1S/C12H13NO2S.CH2O2/c1-9-11(16-8-7-15-9)12(14)13-10-5-3-2-4-6-10;2-1-3/h2-6H,7-8H2,1H3,(H,13,14);1H,(H,2,3). The van der Waals surface area contributed by atoms with E-state index in [1.165, 1.54) is 0 Å². The molecule has 6 heteroatoms. The van der Waals surface area contributed by atoms with Crippen LogP contribution in [-0.4, -0.2) is 29.8 Å². The van der Waals surface area contributed by atoms with Crippen molar-refractivity contribution < 1.29 is 19.4 Å². The van der Waals surface area contributed by atoms with Gasteiger partial charge in [0.1, 0.15) is 10.7 Å². The lowest BCUT2D eigenvalue weighted by Gasteiger charge is -2.17. The molecule has 1 heterocycles. The molecule has 1 aliphatic heterocycles. The number of carboxylic acid groups (broad SMARTS) is 1. The lowest BCUT2D eigenvalue weighted by molar-refractivity contribution is -0.122. The molecule has 1 aliphatic rings. The average molecular weight is 281 g/mol. The van der Waals surface area contributed by atoms with Gasteiger partial charge in [-0.2, -0.15) is 0 Å². The Morgan fingerprint density at radius 3 is 2.63 bits per heavy atom. The summed E-state index contributed by atoms with van der Waals surface area (Å²) in [5.74, 6) is 1.45. The number of allylic oxidation sites excluding steroid dienone is 1. The van der Waals surface area contributed by atoms with Gasteiger partial charge in [0.05, 0.1) is 6.61 Å². The maximum atomic E-state index is 11.9. The number of amides is 1.